The molecule has 104 valence electrons. The van der Waals surface area contributed by atoms with Crippen LogP contribution in [0.15, 0.2) is 24.3 Å². The van der Waals surface area contributed by atoms with Gasteiger partial charge >= 0.3 is 12.0 Å². The molecule has 0 bridgehead atoms. The average molecular weight is 264 g/mol. The van der Waals surface area contributed by atoms with Crippen LogP contribution in [-0.2, 0) is 6.42 Å². The number of amides is 2. The number of hydrogen-bond acceptors (Lipinski definition) is 2. The van der Waals surface area contributed by atoms with E-state index in [2.05, 4.69) is 10.6 Å². The number of nitrogens with one attached hydrogen (secondary N) is 2. The summed E-state index contributed by atoms with van der Waals surface area (Å²) in [6.07, 6.45) is 1.37. The summed E-state index contributed by atoms with van der Waals surface area (Å²) in [5.41, 5.74) is 1.01. The van der Waals surface area contributed by atoms with Gasteiger partial charge in [0.2, 0.25) is 0 Å². The molecule has 1 atom stereocenters. The Bertz CT molecular complexity index is 446. The predicted octanol–water partition coefficient (Wildman–Crippen LogP) is 2.02. The van der Waals surface area contributed by atoms with Crippen LogP contribution in [0.1, 0.15) is 36.2 Å². The second-order valence-corrected chi connectivity index (χ2v) is 4.42. The van der Waals surface area contributed by atoms with Gasteiger partial charge in [-0.3, -0.25) is 0 Å². The zero-order valence-electron chi connectivity index (χ0n) is 11.3. The van der Waals surface area contributed by atoms with Gasteiger partial charge in [-0.2, -0.15) is 0 Å². The zero-order chi connectivity index (χ0) is 14.3. The van der Waals surface area contributed by atoms with Crippen molar-refractivity contribution in [1.29, 1.82) is 0 Å². The Morgan fingerprint density at radius 3 is 2.63 bits per heavy atom. The highest BCUT2D eigenvalue weighted by Gasteiger charge is 2.09. The maximum atomic E-state index is 11.5. The van der Waals surface area contributed by atoms with Crippen LogP contribution in [0.5, 0.6) is 0 Å². The highest BCUT2D eigenvalue weighted by molar-refractivity contribution is 5.89. The maximum Gasteiger partial charge on any atom is 0.335 e. The smallest absolute Gasteiger partial charge is 0.335 e. The molecule has 5 heteroatoms. The molecule has 0 aliphatic carbocycles. The Kier molecular flexibility index (Phi) is 5.85. The van der Waals surface area contributed by atoms with Gasteiger partial charge in [0.1, 0.15) is 0 Å². The van der Waals surface area contributed by atoms with Gasteiger partial charge in [0.05, 0.1) is 5.56 Å². The van der Waals surface area contributed by atoms with Gasteiger partial charge in [0, 0.05) is 12.6 Å². The summed E-state index contributed by atoms with van der Waals surface area (Å²) in [5.74, 6) is -0.945. The molecular weight excluding hydrogens is 244 g/mol. The van der Waals surface area contributed by atoms with Crippen molar-refractivity contribution in [3.05, 3.63) is 35.4 Å². The Balaban J connectivity index is 2.45. The molecule has 3 N–H and O–H groups in total. The number of carbonyl (C=O) groups excluding carboxylic acids is 1. The van der Waals surface area contributed by atoms with E-state index in [4.69, 9.17) is 5.11 Å². The average Bonchev–Trinajstić information content (AvgIpc) is 2.38. The molecule has 0 spiro atoms. The van der Waals surface area contributed by atoms with Crippen molar-refractivity contribution in [3.63, 3.8) is 0 Å². The molecule has 0 fully saturated rings. The molecule has 2 amide bonds. The van der Waals surface area contributed by atoms with Crippen molar-refractivity contribution in [2.24, 2.45) is 0 Å². The normalized spacial score (nSPS) is 11.7. The number of carboxylic acid groups (broad SMARTS) is 1. The van der Waals surface area contributed by atoms with E-state index in [9.17, 15) is 9.59 Å². The quantitative estimate of drug-likeness (QED) is 0.735. The van der Waals surface area contributed by atoms with Gasteiger partial charge in [-0.05, 0) is 31.4 Å². The van der Waals surface area contributed by atoms with Crippen LogP contribution >= 0.6 is 0 Å². The summed E-state index contributed by atoms with van der Waals surface area (Å²) < 4.78 is 0. The molecule has 1 unspecified atom stereocenters. The van der Waals surface area contributed by atoms with Gasteiger partial charge in [0.15, 0.2) is 0 Å². The van der Waals surface area contributed by atoms with Crippen molar-refractivity contribution in [2.75, 3.05) is 6.54 Å². The second kappa shape index (κ2) is 7.41. The summed E-state index contributed by atoms with van der Waals surface area (Å²) >= 11 is 0. The predicted molar refractivity (Wildman–Crippen MR) is 73.4 cm³/mol. The molecule has 1 rings (SSSR count). The van der Waals surface area contributed by atoms with Gasteiger partial charge in [-0.25, -0.2) is 9.59 Å². The van der Waals surface area contributed by atoms with Gasteiger partial charge < -0.3 is 15.7 Å². The second-order valence-electron chi connectivity index (χ2n) is 4.42. The van der Waals surface area contributed by atoms with E-state index in [0.29, 0.717) is 13.0 Å². The summed E-state index contributed by atoms with van der Waals surface area (Å²) in [5, 5.41) is 14.5. The summed E-state index contributed by atoms with van der Waals surface area (Å²) in [6, 6.07) is 6.72. The van der Waals surface area contributed by atoms with E-state index in [1.165, 1.54) is 0 Å². The lowest BCUT2D eigenvalue weighted by Crippen LogP contribution is -2.41. The lowest BCUT2D eigenvalue weighted by atomic mass is 10.0. The standard InChI is InChI=1S/C14H20N2O3/c1-3-10(2)16-14(19)15-9-8-11-6-4-5-7-12(11)13(17)18/h4-7,10H,3,8-9H2,1-2H3,(H,17,18)(H2,15,16,19). The maximum absolute atomic E-state index is 11.5. The van der Waals surface area contributed by atoms with Crippen LogP contribution in [0.25, 0.3) is 0 Å². The van der Waals surface area contributed by atoms with E-state index in [1.54, 1.807) is 24.3 Å². The molecule has 0 radical (unpaired) electrons. The first-order valence-corrected chi connectivity index (χ1v) is 6.40. The molecule has 1 aromatic rings. The molecule has 0 aliphatic heterocycles. The monoisotopic (exact) mass is 264 g/mol. The van der Waals surface area contributed by atoms with Crippen molar-refractivity contribution < 1.29 is 14.7 Å². The van der Waals surface area contributed by atoms with Gasteiger partial charge in [-0.1, -0.05) is 25.1 Å². The lowest BCUT2D eigenvalue weighted by Gasteiger charge is -2.12. The summed E-state index contributed by atoms with van der Waals surface area (Å²) in [7, 11) is 0. The Labute approximate surface area is 113 Å². The number of hydrogen-bond donors (Lipinski definition) is 3. The van der Waals surface area contributed by atoms with Crippen LogP contribution < -0.4 is 10.6 Å². The van der Waals surface area contributed by atoms with Crippen molar-refractivity contribution in [3.8, 4) is 0 Å². The number of carbonyl (C=O) groups is 2. The molecule has 5 nitrogen and oxygen atoms in total. The minimum absolute atomic E-state index is 0.131. The third-order valence-corrected chi connectivity index (χ3v) is 2.92. The van der Waals surface area contributed by atoms with Crippen LogP contribution in [0.4, 0.5) is 4.79 Å². The highest BCUT2D eigenvalue weighted by atomic mass is 16.4. The van der Waals surface area contributed by atoms with Gasteiger partial charge in [0.25, 0.3) is 0 Å². The minimum atomic E-state index is -0.945. The van der Waals surface area contributed by atoms with Gasteiger partial charge in [-0.15, -0.1) is 0 Å². The largest absolute Gasteiger partial charge is 0.478 e. The Morgan fingerprint density at radius 1 is 1.32 bits per heavy atom. The first-order valence-electron chi connectivity index (χ1n) is 6.40. The number of benzene rings is 1. The topological polar surface area (TPSA) is 78.4 Å². The molecule has 0 saturated heterocycles. The molecule has 0 heterocycles. The SMILES string of the molecule is CCC(C)NC(=O)NCCc1ccccc1C(=O)O. The fourth-order valence-electron chi connectivity index (χ4n) is 1.63. The van der Waals surface area contributed by atoms with Crippen molar-refractivity contribution in [2.45, 2.75) is 32.7 Å². The van der Waals surface area contributed by atoms with Crippen LogP contribution in [0, 0.1) is 0 Å². The molecule has 0 aromatic heterocycles. The van der Waals surface area contributed by atoms with Crippen LogP contribution in [-0.4, -0.2) is 29.7 Å². The Morgan fingerprint density at radius 2 is 2.00 bits per heavy atom. The molecule has 19 heavy (non-hydrogen) atoms. The van der Waals surface area contributed by atoms with Crippen LogP contribution in [0.3, 0.4) is 0 Å². The van der Waals surface area contributed by atoms with Crippen molar-refractivity contribution >= 4 is 12.0 Å². The first-order chi connectivity index (χ1) is 9.04. The molecule has 0 aliphatic rings. The number of carboxylic acids is 1. The van der Waals surface area contributed by atoms with Crippen molar-refractivity contribution in [1.82, 2.24) is 10.6 Å². The van der Waals surface area contributed by atoms with E-state index < -0.39 is 5.97 Å². The number of aromatic carboxylic acids is 1. The highest BCUT2D eigenvalue weighted by Crippen LogP contribution is 2.08. The number of rotatable bonds is 6. The van der Waals surface area contributed by atoms with E-state index in [0.717, 1.165) is 12.0 Å². The summed E-state index contributed by atoms with van der Waals surface area (Å²) in [6.45, 7) is 4.33. The van der Waals surface area contributed by atoms with E-state index in [-0.39, 0.29) is 17.6 Å². The first kappa shape index (κ1) is 15.0. The number of urea groups is 1. The molecular formula is C14H20N2O3. The third kappa shape index (κ3) is 4.99. The molecule has 0 saturated carbocycles. The third-order valence-electron chi connectivity index (χ3n) is 2.92. The van der Waals surface area contributed by atoms with E-state index in [1.807, 2.05) is 13.8 Å². The van der Waals surface area contributed by atoms with Crippen LogP contribution in [0.2, 0.25) is 0 Å². The summed E-state index contributed by atoms with van der Waals surface area (Å²) in [4.78, 5) is 22.5. The lowest BCUT2D eigenvalue weighted by molar-refractivity contribution is 0.0695. The fraction of sp³-hybridized carbons (Fsp3) is 0.429. The minimum Gasteiger partial charge on any atom is -0.478 e. The zero-order valence-corrected chi connectivity index (χ0v) is 11.3. The van der Waals surface area contributed by atoms with E-state index >= 15 is 0 Å². The molecule has 1 aromatic carbocycles. The Hall–Kier alpha value is -2.04. The fourth-order valence-corrected chi connectivity index (χ4v) is 1.63.